The molecule has 6 nitrogen and oxygen atoms in total. The molecule has 0 fully saturated rings. The minimum absolute atomic E-state index is 0.375. The quantitative estimate of drug-likeness (QED) is 0.600. The highest BCUT2D eigenvalue weighted by Gasteiger charge is 2.08. The van der Waals surface area contributed by atoms with Crippen LogP contribution in [0.15, 0.2) is 18.2 Å². The van der Waals surface area contributed by atoms with Crippen LogP contribution in [0.25, 0.3) is 0 Å². The monoisotopic (exact) mass is 206 g/mol. The van der Waals surface area contributed by atoms with Crippen LogP contribution >= 0.6 is 0 Å². The summed E-state index contributed by atoms with van der Waals surface area (Å²) in [7, 11) is -4.63. The molecule has 7 heteroatoms. The van der Waals surface area contributed by atoms with Gasteiger partial charge in [-0.3, -0.25) is 4.55 Å². The summed E-state index contributed by atoms with van der Waals surface area (Å²) in [5.74, 6) is -1.13. The van der Waals surface area contributed by atoms with Gasteiger partial charge in [0.15, 0.2) is 5.75 Å². The molecule has 72 valence electrons. The van der Waals surface area contributed by atoms with Crippen LogP contribution in [-0.2, 0) is 10.4 Å². The van der Waals surface area contributed by atoms with Gasteiger partial charge < -0.3 is 14.4 Å². The third kappa shape index (κ3) is 3.18. The number of phenolic OH excluding ortho intramolecular Hbond substituents is 2. The Hall–Kier alpha value is -1.47. The van der Waals surface area contributed by atoms with Gasteiger partial charge in [0, 0.05) is 18.2 Å². The van der Waals surface area contributed by atoms with Crippen LogP contribution in [-0.4, -0.2) is 23.2 Å². The number of rotatable bonds is 2. The van der Waals surface area contributed by atoms with E-state index in [-0.39, 0.29) is 17.2 Å². The molecule has 1 aromatic rings. The zero-order valence-corrected chi connectivity index (χ0v) is 7.02. The first kappa shape index (κ1) is 9.62. The summed E-state index contributed by atoms with van der Waals surface area (Å²) in [5, 5.41) is 17.7. The highest BCUT2D eigenvalue weighted by molar-refractivity contribution is 7.81. The Kier molecular flexibility index (Phi) is 2.30. The van der Waals surface area contributed by atoms with E-state index >= 15 is 0 Å². The van der Waals surface area contributed by atoms with E-state index in [4.69, 9.17) is 14.8 Å². The fourth-order valence-corrected chi connectivity index (χ4v) is 1.08. The Bertz CT molecular complexity index is 389. The van der Waals surface area contributed by atoms with Crippen molar-refractivity contribution in [1.29, 1.82) is 0 Å². The van der Waals surface area contributed by atoms with Gasteiger partial charge in [-0.05, 0) is 0 Å². The van der Waals surface area contributed by atoms with Crippen LogP contribution in [0.4, 0.5) is 0 Å². The van der Waals surface area contributed by atoms with Gasteiger partial charge in [-0.25, -0.2) is 0 Å². The first-order chi connectivity index (χ1) is 5.87. The van der Waals surface area contributed by atoms with Gasteiger partial charge in [0.05, 0.1) is 0 Å². The van der Waals surface area contributed by atoms with Crippen LogP contribution in [0, 0.1) is 0 Å². The molecule has 0 amide bonds. The molecule has 1 rings (SSSR count). The number of hydrogen-bond donors (Lipinski definition) is 3. The highest BCUT2D eigenvalue weighted by Crippen LogP contribution is 2.26. The normalized spacial score (nSPS) is 11.2. The zero-order chi connectivity index (χ0) is 10.1. The maximum absolute atomic E-state index is 10.2. The minimum Gasteiger partial charge on any atom is -0.508 e. The van der Waals surface area contributed by atoms with Gasteiger partial charge in [-0.1, -0.05) is 0 Å². The summed E-state index contributed by atoms with van der Waals surface area (Å²) in [5.41, 5.74) is 0. The smallest absolute Gasteiger partial charge is 0.446 e. The predicted octanol–water partition coefficient (Wildman–Crippen LogP) is 0.279. The van der Waals surface area contributed by atoms with Gasteiger partial charge in [-0.2, -0.15) is 8.42 Å². The lowest BCUT2D eigenvalue weighted by Crippen LogP contribution is -2.06. The second kappa shape index (κ2) is 3.11. The van der Waals surface area contributed by atoms with Gasteiger partial charge in [0.1, 0.15) is 11.5 Å². The lowest BCUT2D eigenvalue weighted by atomic mass is 10.3. The molecule has 0 aliphatic carbocycles. The van der Waals surface area contributed by atoms with E-state index in [9.17, 15) is 8.42 Å². The van der Waals surface area contributed by atoms with Crippen molar-refractivity contribution in [1.82, 2.24) is 0 Å². The fourth-order valence-electron chi connectivity index (χ4n) is 0.738. The predicted molar refractivity (Wildman–Crippen MR) is 41.9 cm³/mol. The average Bonchev–Trinajstić information content (AvgIpc) is 1.78. The van der Waals surface area contributed by atoms with E-state index in [0.717, 1.165) is 18.2 Å². The molecule has 0 saturated carbocycles. The van der Waals surface area contributed by atoms with Crippen LogP contribution in [0.5, 0.6) is 17.2 Å². The maximum atomic E-state index is 10.2. The third-order valence-electron chi connectivity index (χ3n) is 1.08. The standard InChI is InChI=1S/C6H6O6S/c7-4-1-5(8)3-6(2-4)12-13(9,10)11/h1-3,7-8H,(H,9,10,11). The molecule has 0 bridgehead atoms. The first-order valence-electron chi connectivity index (χ1n) is 3.07. The SMILES string of the molecule is O=S(=O)(O)Oc1cc(O)cc(O)c1. The molecule has 0 atom stereocenters. The van der Waals surface area contributed by atoms with Crippen molar-refractivity contribution in [3.05, 3.63) is 18.2 Å². The second-order valence-electron chi connectivity index (χ2n) is 2.20. The number of benzene rings is 1. The molecule has 0 unspecified atom stereocenters. The molecule has 13 heavy (non-hydrogen) atoms. The molecule has 0 aliphatic rings. The maximum Gasteiger partial charge on any atom is 0.446 e. The summed E-state index contributed by atoms with van der Waals surface area (Å²) in [4.78, 5) is 0. The van der Waals surface area contributed by atoms with Crippen molar-refractivity contribution < 1.29 is 27.4 Å². The number of phenols is 2. The Labute approximate surface area is 74.0 Å². The lowest BCUT2D eigenvalue weighted by Gasteiger charge is -2.02. The molecule has 3 N–H and O–H groups in total. The van der Waals surface area contributed by atoms with E-state index in [1.54, 1.807) is 0 Å². The van der Waals surface area contributed by atoms with Gasteiger partial charge in [0.25, 0.3) is 0 Å². The molecule has 1 aromatic carbocycles. The Balaban J connectivity index is 3.03. The molecule has 0 heterocycles. The van der Waals surface area contributed by atoms with E-state index < -0.39 is 10.4 Å². The molecule has 0 spiro atoms. The summed E-state index contributed by atoms with van der Waals surface area (Å²) in [6.07, 6.45) is 0. The molecular weight excluding hydrogens is 200 g/mol. The zero-order valence-electron chi connectivity index (χ0n) is 6.21. The topological polar surface area (TPSA) is 104 Å². The van der Waals surface area contributed by atoms with E-state index in [1.165, 1.54) is 0 Å². The highest BCUT2D eigenvalue weighted by atomic mass is 32.3. The second-order valence-corrected chi connectivity index (χ2v) is 3.22. The Morgan fingerprint density at radius 1 is 1.08 bits per heavy atom. The van der Waals surface area contributed by atoms with Crippen molar-refractivity contribution in [2.45, 2.75) is 0 Å². The fraction of sp³-hybridized carbons (Fsp3) is 0. The molecule has 0 aliphatic heterocycles. The van der Waals surface area contributed by atoms with Crippen molar-refractivity contribution in [2.24, 2.45) is 0 Å². The Morgan fingerprint density at radius 2 is 1.54 bits per heavy atom. The summed E-state index contributed by atoms with van der Waals surface area (Å²) in [6.45, 7) is 0. The van der Waals surface area contributed by atoms with Crippen LogP contribution in [0.2, 0.25) is 0 Å². The minimum atomic E-state index is -4.63. The first-order valence-corrected chi connectivity index (χ1v) is 4.43. The number of hydrogen-bond acceptors (Lipinski definition) is 5. The Morgan fingerprint density at radius 3 is 1.92 bits per heavy atom. The van der Waals surface area contributed by atoms with Gasteiger partial charge in [-0.15, -0.1) is 0 Å². The molecular formula is C6H6O6S. The van der Waals surface area contributed by atoms with Crippen LogP contribution < -0.4 is 4.18 Å². The molecule has 0 saturated heterocycles. The molecule has 0 aromatic heterocycles. The average molecular weight is 206 g/mol. The van der Waals surface area contributed by atoms with E-state index in [1.807, 2.05) is 0 Å². The summed E-state index contributed by atoms with van der Waals surface area (Å²) in [6, 6.07) is 2.83. The number of aromatic hydroxyl groups is 2. The summed E-state index contributed by atoms with van der Waals surface area (Å²) >= 11 is 0. The lowest BCUT2D eigenvalue weighted by molar-refractivity contribution is 0.383. The summed E-state index contributed by atoms with van der Waals surface area (Å²) < 4.78 is 32.6. The third-order valence-corrected chi connectivity index (χ3v) is 1.48. The van der Waals surface area contributed by atoms with Gasteiger partial charge in [0.2, 0.25) is 0 Å². The van der Waals surface area contributed by atoms with Crippen LogP contribution in [0.1, 0.15) is 0 Å². The van der Waals surface area contributed by atoms with Crippen molar-refractivity contribution in [2.75, 3.05) is 0 Å². The van der Waals surface area contributed by atoms with E-state index in [2.05, 4.69) is 4.18 Å². The van der Waals surface area contributed by atoms with Crippen molar-refractivity contribution in [3.8, 4) is 17.2 Å². The van der Waals surface area contributed by atoms with Gasteiger partial charge >= 0.3 is 10.4 Å². The largest absolute Gasteiger partial charge is 0.508 e. The van der Waals surface area contributed by atoms with Crippen molar-refractivity contribution in [3.63, 3.8) is 0 Å². The van der Waals surface area contributed by atoms with Crippen LogP contribution in [0.3, 0.4) is 0 Å². The van der Waals surface area contributed by atoms with E-state index in [0.29, 0.717) is 0 Å². The molecule has 0 radical (unpaired) electrons. The van der Waals surface area contributed by atoms with Crippen molar-refractivity contribution >= 4 is 10.4 Å².